The first-order valence-electron chi connectivity index (χ1n) is 12.3. The summed E-state index contributed by atoms with van der Waals surface area (Å²) in [5.41, 5.74) is 3.61. The third-order valence-corrected chi connectivity index (χ3v) is 6.69. The lowest BCUT2D eigenvalue weighted by Gasteiger charge is -2.32. The predicted molar refractivity (Wildman–Crippen MR) is 132 cm³/mol. The smallest absolute Gasteiger partial charge is 0.253 e. The number of piperidine rings is 1. The van der Waals surface area contributed by atoms with E-state index in [1.165, 1.54) is 0 Å². The monoisotopic (exact) mass is 470 g/mol. The number of carbonyl (C=O) groups is 2. The van der Waals surface area contributed by atoms with Crippen molar-refractivity contribution in [2.24, 2.45) is 0 Å². The SMILES string of the molecule is Cc1cccc(Oc2cncc([C@H]3CCCN(C(=O)c4cccc(CN5CCCC5=O)c4)C3)n2)c1. The van der Waals surface area contributed by atoms with Crippen molar-refractivity contribution < 1.29 is 14.3 Å². The molecule has 3 heterocycles. The lowest BCUT2D eigenvalue weighted by molar-refractivity contribution is -0.128. The topological polar surface area (TPSA) is 75.6 Å². The number of nitrogens with zero attached hydrogens (tertiary/aromatic N) is 4. The summed E-state index contributed by atoms with van der Waals surface area (Å²) in [5, 5.41) is 0. The van der Waals surface area contributed by atoms with Crippen LogP contribution in [-0.2, 0) is 11.3 Å². The summed E-state index contributed by atoms with van der Waals surface area (Å²) in [6.07, 6.45) is 6.77. The maximum Gasteiger partial charge on any atom is 0.253 e. The summed E-state index contributed by atoms with van der Waals surface area (Å²) in [6.45, 7) is 4.68. The van der Waals surface area contributed by atoms with Crippen LogP contribution in [0.1, 0.15) is 58.8 Å². The van der Waals surface area contributed by atoms with Crippen LogP contribution >= 0.6 is 0 Å². The molecular weight excluding hydrogens is 440 g/mol. The van der Waals surface area contributed by atoms with Gasteiger partial charge in [-0.25, -0.2) is 4.98 Å². The molecule has 2 aromatic carbocycles. The lowest BCUT2D eigenvalue weighted by Crippen LogP contribution is -2.39. The molecule has 0 spiro atoms. The molecule has 7 nitrogen and oxygen atoms in total. The number of hydrogen-bond donors (Lipinski definition) is 0. The van der Waals surface area contributed by atoms with Crippen molar-refractivity contribution in [2.75, 3.05) is 19.6 Å². The van der Waals surface area contributed by atoms with Gasteiger partial charge in [-0.3, -0.25) is 14.6 Å². The van der Waals surface area contributed by atoms with E-state index in [1.54, 1.807) is 12.4 Å². The second kappa shape index (κ2) is 10.3. The van der Waals surface area contributed by atoms with E-state index in [-0.39, 0.29) is 17.7 Å². The van der Waals surface area contributed by atoms with Crippen LogP contribution in [0.4, 0.5) is 0 Å². The molecule has 0 bridgehead atoms. The maximum atomic E-state index is 13.4. The number of rotatable bonds is 6. The molecule has 0 N–H and O–H groups in total. The molecule has 1 atom stereocenters. The van der Waals surface area contributed by atoms with Crippen molar-refractivity contribution in [1.82, 2.24) is 19.8 Å². The van der Waals surface area contributed by atoms with Crippen LogP contribution in [0.5, 0.6) is 11.6 Å². The predicted octanol–water partition coefficient (Wildman–Crippen LogP) is 4.72. The molecule has 7 heteroatoms. The third kappa shape index (κ3) is 5.50. The zero-order chi connectivity index (χ0) is 24.2. The van der Waals surface area contributed by atoms with Crippen molar-refractivity contribution in [2.45, 2.75) is 45.1 Å². The van der Waals surface area contributed by atoms with Gasteiger partial charge in [-0.15, -0.1) is 0 Å². The second-order valence-corrected chi connectivity index (χ2v) is 9.41. The van der Waals surface area contributed by atoms with E-state index < -0.39 is 0 Å². The number of hydrogen-bond acceptors (Lipinski definition) is 5. The highest BCUT2D eigenvalue weighted by atomic mass is 16.5. The summed E-state index contributed by atoms with van der Waals surface area (Å²) in [4.78, 5) is 38.2. The first-order valence-corrected chi connectivity index (χ1v) is 12.3. The minimum absolute atomic E-state index is 0.0180. The number of carbonyl (C=O) groups excluding carboxylic acids is 2. The number of ether oxygens (including phenoxy) is 1. The van der Waals surface area contributed by atoms with Crippen molar-refractivity contribution >= 4 is 11.8 Å². The van der Waals surface area contributed by atoms with Crippen LogP contribution in [0.3, 0.4) is 0 Å². The first kappa shape index (κ1) is 23.0. The van der Waals surface area contributed by atoms with E-state index in [1.807, 2.05) is 65.3 Å². The molecule has 0 aliphatic carbocycles. The minimum Gasteiger partial charge on any atom is -0.437 e. The summed E-state index contributed by atoms with van der Waals surface area (Å²) >= 11 is 0. The average Bonchev–Trinajstić information content (AvgIpc) is 3.28. The van der Waals surface area contributed by atoms with Gasteiger partial charge in [-0.2, -0.15) is 0 Å². The van der Waals surface area contributed by atoms with E-state index in [4.69, 9.17) is 9.72 Å². The van der Waals surface area contributed by atoms with Crippen LogP contribution in [0.15, 0.2) is 60.9 Å². The summed E-state index contributed by atoms with van der Waals surface area (Å²) < 4.78 is 5.93. The molecule has 2 saturated heterocycles. The summed E-state index contributed by atoms with van der Waals surface area (Å²) in [6, 6.07) is 15.5. The van der Waals surface area contributed by atoms with E-state index >= 15 is 0 Å². The van der Waals surface area contributed by atoms with E-state index in [0.29, 0.717) is 31.0 Å². The molecule has 5 rings (SSSR count). The van der Waals surface area contributed by atoms with Gasteiger partial charge in [0.15, 0.2) is 0 Å². The number of amides is 2. The highest BCUT2D eigenvalue weighted by molar-refractivity contribution is 5.94. The Kier molecular flexibility index (Phi) is 6.75. The standard InChI is InChI=1S/C28H30N4O3/c1-20-6-2-10-24(14-20)35-26-17-29-16-25(30-26)23-9-4-13-32(19-23)28(34)22-8-3-7-21(15-22)18-31-12-5-11-27(31)33/h2-3,6-8,10,14-17,23H,4-5,9,11-13,18-19H2,1H3/t23-/m0/s1. The van der Waals surface area contributed by atoms with Gasteiger partial charge in [-0.05, 0) is 61.6 Å². The fourth-order valence-electron chi connectivity index (χ4n) is 4.89. The van der Waals surface area contributed by atoms with Crippen molar-refractivity contribution in [3.63, 3.8) is 0 Å². The molecule has 2 aliphatic rings. The Balaban J connectivity index is 1.26. The molecular formula is C28H30N4O3. The third-order valence-electron chi connectivity index (χ3n) is 6.69. The minimum atomic E-state index is 0.0180. The molecule has 180 valence electrons. The van der Waals surface area contributed by atoms with Gasteiger partial charge in [0.25, 0.3) is 5.91 Å². The molecule has 1 aromatic heterocycles. The van der Waals surface area contributed by atoms with E-state index in [2.05, 4.69) is 4.98 Å². The van der Waals surface area contributed by atoms with Crippen LogP contribution in [0, 0.1) is 6.92 Å². The van der Waals surface area contributed by atoms with E-state index in [9.17, 15) is 9.59 Å². The van der Waals surface area contributed by atoms with Gasteiger partial charge in [0.2, 0.25) is 11.8 Å². The molecule has 3 aromatic rings. The van der Waals surface area contributed by atoms with Gasteiger partial charge in [0.1, 0.15) is 5.75 Å². The second-order valence-electron chi connectivity index (χ2n) is 9.41. The number of aryl methyl sites for hydroxylation is 1. The van der Waals surface area contributed by atoms with Crippen molar-refractivity contribution in [1.29, 1.82) is 0 Å². The van der Waals surface area contributed by atoms with E-state index in [0.717, 1.165) is 54.9 Å². The molecule has 0 saturated carbocycles. The van der Waals surface area contributed by atoms with Gasteiger partial charge in [-0.1, -0.05) is 24.3 Å². The Labute approximate surface area is 205 Å². The Bertz CT molecular complexity index is 1230. The van der Waals surface area contributed by atoms with Crippen LogP contribution in [-0.4, -0.2) is 51.2 Å². The number of aromatic nitrogens is 2. The summed E-state index contributed by atoms with van der Waals surface area (Å²) in [5.74, 6) is 1.50. The average molecular weight is 471 g/mol. The molecule has 2 aliphatic heterocycles. The summed E-state index contributed by atoms with van der Waals surface area (Å²) in [7, 11) is 0. The van der Waals surface area contributed by atoms with Crippen molar-refractivity contribution in [3.05, 3.63) is 83.3 Å². The van der Waals surface area contributed by atoms with Gasteiger partial charge in [0, 0.05) is 50.3 Å². The largest absolute Gasteiger partial charge is 0.437 e. The molecule has 0 radical (unpaired) electrons. The normalized spacial score (nSPS) is 18.1. The zero-order valence-corrected chi connectivity index (χ0v) is 20.0. The maximum absolute atomic E-state index is 13.4. The molecule has 2 amide bonds. The van der Waals surface area contributed by atoms with Crippen LogP contribution < -0.4 is 4.74 Å². The fourth-order valence-corrected chi connectivity index (χ4v) is 4.89. The highest BCUT2D eigenvalue weighted by Crippen LogP contribution is 2.28. The molecule has 0 unspecified atom stereocenters. The highest BCUT2D eigenvalue weighted by Gasteiger charge is 2.27. The Morgan fingerprint density at radius 1 is 1.09 bits per heavy atom. The molecule has 2 fully saturated rings. The van der Waals surface area contributed by atoms with Crippen LogP contribution in [0.2, 0.25) is 0 Å². The van der Waals surface area contributed by atoms with Crippen molar-refractivity contribution in [3.8, 4) is 11.6 Å². The van der Waals surface area contributed by atoms with Gasteiger partial charge < -0.3 is 14.5 Å². The zero-order valence-electron chi connectivity index (χ0n) is 20.0. The van der Waals surface area contributed by atoms with Gasteiger partial charge >= 0.3 is 0 Å². The fraction of sp³-hybridized carbons (Fsp3) is 0.357. The van der Waals surface area contributed by atoms with Crippen LogP contribution in [0.25, 0.3) is 0 Å². The number of likely N-dealkylation sites (tertiary alicyclic amines) is 2. The quantitative estimate of drug-likeness (QED) is 0.521. The number of benzene rings is 2. The molecule has 35 heavy (non-hydrogen) atoms. The Morgan fingerprint density at radius 2 is 1.97 bits per heavy atom. The Hall–Kier alpha value is -3.74. The lowest BCUT2D eigenvalue weighted by atomic mass is 9.94. The Morgan fingerprint density at radius 3 is 2.80 bits per heavy atom. The van der Waals surface area contributed by atoms with Gasteiger partial charge in [0.05, 0.1) is 11.9 Å². The first-order chi connectivity index (χ1) is 17.0.